The average Bonchev–Trinajstić information content (AvgIpc) is 2.88. The number of hydrogen-bond donors (Lipinski definition) is 1. The van der Waals surface area contributed by atoms with Gasteiger partial charge in [-0.05, 0) is 25.0 Å². The number of likely N-dealkylation sites (tertiary alicyclic amines) is 1. The summed E-state index contributed by atoms with van der Waals surface area (Å²) in [5.74, 6) is -0.348. The third-order valence-electron chi connectivity index (χ3n) is 3.28. The summed E-state index contributed by atoms with van der Waals surface area (Å²) in [4.78, 5) is 13.7. The first-order chi connectivity index (χ1) is 9.32. The van der Waals surface area contributed by atoms with Crippen LogP contribution in [0, 0.1) is 0 Å². The molecule has 0 bridgehead atoms. The second-order valence-corrected chi connectivity index (χ2v) is 7.01. The van der Waals surface area contributed by atoms with Crippen molar-refractivity contribution >= 4 is 15.9 Å². The Kier molecular flexibility index (Phi) is 4.17. The molecule has 112 valence electrons. The van der Waals surface area contributed by atoms with Crippen LogP contribution in [0.4, 0.5) is 0 Å². The second kappa shape index (κ2) is 5.55. The Balaban J connectivity index is 2.15. The van der Waals surface area contributed by atoms with Gasteiger partial charge < -0.3 is 14.4 Å². The molecule has 1 aliphatic rings. The topological polar surface area (TPSA) is 91.1 Å². The fraction of sp³-hybridized carbons (Fsp3) is 0.583. The molecule has 1 amide bonds. The van der Waals surface area contributed by atoms with Crippen LogP contribution < -0.4 is 0 Å². The summed E-state index contributed by atoms with van der Waals surface area (Å²) in [6, 6.07) is 2.64. The van der Waals surface area contributed by atoms with Gasteiger partial charge in [0.05, 0.1) is 6.10 Å². The zero-order valence-corrected chi connectivity index (χ0v) is 12.3. The molecule has 1 fully saturated rings. The lowest BCUT2D eigenvalue weighted by molar-refractivity contribution is 0.0515. The number of carbonyl (C=O) groups excluding carboxylic acids is 1. The lowest BCUT2D eigenvalue weighted by Crippen LogP contribution is -2.39. The van der Waals surface area contributed by atoms with Crippen LogP contribution in [0.2, 0.25) is 0 Å². The number of piperidine rings is 1. The number of hydrogen-bond acceptors (Lipinski definition) is 5. The summed E-state index contributed by atoms with van der Waals surface area (Å²) in [5, 5.41) is 9.16. The molecule has 0 spiro atoms. The summed E-state index contributed by atoms with van der Waals surface area (Å²) >= 11 is 0. The molecule has 2 rings (SSSR count). The molecule has 7 nitrogen and oxygen atoms in total. The van der Waals surface area contributed by atoms with E-state index in [1.54, 1.807) is 4.90 Å². The number of aliphatic hydroxyl groups excluding tert-OH is 1. The van der Waals surface area contributed by atoms with Crippen molar-refractivity contribution in [2.24, 2.45) is 0 Å². The Morgan fingerprint density at radius 2 is 1.95 bits per heavy atom. The van der Waals surface area contributed by atoms with Crippen LogP contribution >= 0.6 is 0 Å². The van der Waals surface area contributed by atoms with Gasteiger partial charge in [-0.1, -0.05) is 0 Å². The Hall–Kier alpha value is -1.38. The minimum atomic E-state index is -3.67. The van der Waals surface area contributed by atoms with Crippen molar-refractivity contribution in [2.45, 2.75) is 24.0 Å². The number of furan rings is 1. The Bertz CT molecular complexity index is 585. The number of rotatable bonds is 3. The van der Waals surface area contributed by atoms with Gasteiger partial charge in [-0.25, -0.2) is 12.7 Å². The van der Waals surface area contributed by atoms with Crippen LogP contribution in [0.3, 0.4) is 0 Å². The first-order valence-corrected chi connectivity index (χ1v) is 7.76. The largest absolute Gasteiger partial charge is 0.438 e. The smallest absolute Gasteiger partial charge is 0.289 e. The zero-order chi connectivity index (χ0) is 14.9. The number of amides is 1. The van der Waals surface area contributed by atoms with Gasteiger partial charge in [0, 0.05) is 27.2 Å². The Morgan fingerprint density at radius 3 is 2.50 bits per heavy atom. The molecule has 1 saturated heterocycles. The van der Waals surface area contributed by atoms with E-state index in [1.807, 2.05) is 0 Å². The summed E-state index contributed by atoms with van der Waals surface area (Å²) in [7, 11) is -0.885. The van der Waals surface area contributed by atoms with Crippen LogP contribution in [0.25, 0.3) is 0 Å². The highest BCUT2D eigenvalue weighted by atomic mass is 32.2. The standard InChI is InChI=1S/C12H18N2O5S/c1-13(2)20(17,18)11-4-3-10(19-11)12(16)14-7-5-9(15)6-8-14/h3-4,9,15H,5-8H2,1-2H3. The molecule has 1 aromatic heterocycles. The normalized spacial score (nSPS) is 17.7. The van der Waals surface area contributed by atoms with Gasteiger partial charge in [0.1, 0.15) is 0 Å². The minimum absolute atomic E-state index is 0.00168. The van der Waals surface area contributed by atoms with E-state index in [9.17, 15) is 18.3 Å². The highest BCUT2D eigenvalue weighted by Crippen LogP contribution is 2.20. The van der Waals surface area contributed by atoms with E-state index >= 15 is 0 Å². The van der Waals surface area contributed by atoms with Crippen molar-refractivity contribution < 1.29 is 22.7 Å². The van der Waals surface area contributed by atoms with Crippen molar-refractivity contribution in [3.63, 3.8) is 0 Å². The quantitative estimate of drug-likeness (QED) is 0.857. The first kappa shape index (κ1) is 15.0. The first-order valence-electron chi connectivity index (χ1n) is 6.32. The molecular formula is C12H18N2O5S. The molecule has 1 aliphatic heterocycles. The molecule has 1 aromatic rings. The van der Waals surface area contributed by atoms with E-state index < -0.39 is 10.0 Å². The molecule has 0 saturated carbocycles. The molecule has 0 unspecified atom stereocenters. The SMILES string of the molecule is CN(C)S(=O)(=O)c1ccc(C(=O)N2CCC(O)CC2)o1. The highest BCUT2D eigenvalue weighted by molar-refractivity contribution is 7.88. The number of aliphatic hydroxyl groups is 1. The lowest BCUT2D eigenvalue weighted by atomic mass is 10.1. The Labute approximate surface area is 117 Å². The van der Waals surface area contributed by atoms with Crippen LogP contribution in [0.1, 0.15) is 23.4 Å². The fourth-order valence-electron chi connectivity index (χ4n) is 1.98. The lowest BCUT2D eigenvalue weighted by Gasteiger charge is -2.28. The third-order valence-corrected chi connectivity index (χ3v) is 4.97. The van der Waals surface area contributed by atoms with Crippen LogP contribution in [0.5, 0.6) is 0 Å². The Morgan fingerprint density at radius 1 is 1.35 bits per heavy atom. The molecule has 0 aliphatic carbocycles. The maximum absolute atomic E-state index is 12.2. The van der Waals surface area contributed by atoms with Crippen molar-refractivity contribution in [1.82, 2.24) is 9.21 Å². The fourth-order valence-corrected chi connectivity index (χ4v) is 2.77. The van der Waals surface area contributed by atoms with Crippen molar-refractivity contribution in [3.05, 3.63) is 17.9 Å². The number of carbonyl (C=O) groups is 1. The molecule has 0 radical (unpaired) electrons. The summed E-state index contributed by atoms with van der Waals surface area (Å²) < 4.78 is 29.9. The molecule has 2 heterocycles. The van der Waals surface area contributed by atoms with Gasteiger partial charge >= 0.3 is 0 Å². The monoisotopic (exact) mass is 302 g/mol. The third kappa shape index (κ3) is 2.87. The predicted molar refractivity (Wildman–Crippen MR) is 70.7 cm³/mol. The van der Waals surface area contributed by atoms with E-state index in [1.165, 1.54) is 26.2 Å². The highest BCUT2D eigenvalue weighted by Gasteiger charge is 2.27. The van der Waals surface area contributed by atoms with E-state index in [0.29, 0.717) is 25.9 Å². The van der Waals surface area contributed by atoms with Gasteiger partial charge in [0.2, 0.25) is 5.09 Å². The molecule has 0 atom stereocenters. The van der Waals surface area contributed by atoms with Crippen molar-refractivity contribution in [2.75, 3.05) is 27.2 Å². The molecule has 8 heteroatoms. The molecule has 20 heavy (non-hydrogen) atoms. The van der Waals surface area contributed by atoms with Crippen LogP contribution in [0.15, 0.2) is 21.6 Å². The summed E-state index contributed by atoms with van der Waals surface area (Å²) in [6.07, 6.45) is 0.672. The zero-order valence-electron chi connectivity index (χ0n) is 11.4. The van der Waals surface area contributed by atoms with Crippen LogP contribution in [-0.2, 0) is 10.0 Å². The van der Waals surface area contributed by atoms with Gasteiger partial charge in [-0.3, -0.25) is 4.79 Å². The van der Waals surface area contributed by atoms with Gasteiger partial charge in [-0.2, -0.15) is 0 Å². The van der Waals surface area contributed by atoms with Gasteiger partial charge in [0.15, 0.2) is 5.76 Å². The minimum Gasteiger partial charge on any atom is -0.438 e. The molecule has 1 N–H and O–H groups in total. The average molecular weight is 302 g/mol. The van der Waals surface area contributed by atoms with E-state index in [4.69, 9.17) is 4.42 Å². The summed E-state index contributed by atoms with van der Waals surface area (Å²) in [6.45, 7) is 0.882. The van der Waals surface area contributed by atoms with E-state index in [2.05, 4.69) is 0 Å². The van der Waals surface area contributed by atoms with Crippen LogP contribution in [-0.4, -0.2) is 61.9 Å². The second-order valence-electron chi connectivity index (χ2n) is 4.93. The number of nitrogens with zero attached hydrogens (tertiary/aromatic N) is 2. The van der Waals surface area contributed by atoms with Gasteiger partial charge in [0.25, 0.3) is 15.9 Å². The number of sulfonamides is 1. The van der Waals surface area contributed by atoms with E-state index in [-0.39, 0.29) is 22.9 Å². The summed E-state index contributed by atoms with van der Waals surface area (Å²) in [5.41, 5.74) is 0. The van der Waals surface area contributed by atoms with Crippen molar-refractivity contribution in [1.29, 1.82) is 0 Å². The van der Waals surface area contributed by atoms with E-state index in [0.717, 1.165) is 4.31 Å². The van der Waals surface area contributed by atoms with Gasteiger partial charge in [-0.15, -0.1) is 0 Å². The molecular weight excluding hydrogens is 284 g/mol. The van der Waals surface area contributed by atoms with Crippen molar-refractivity contribution in [3.8, 4) is 0 Å². The maximum atomic E-state index is 12.2. The molecule has 0 aromatic carbocycles. The maximum Gasteiger partial charge on any atom is 0.289 e. The predicted octanol–water partition coefficient (Wildman–Crippen LogP) is 0.127.